The Hall–Kier alpha value is -2.77. The second-order valence-corrected chi connectivity index (χ2v) is 8.66. The number of benzene rings is 3. The van der Waals surface area contributed by atoms with Gasteiger partial charge in [-0.05, 0) is 67.6 Å². The normalized spacial score (nSPS) is 11.9. The lowest BCUT2D eigenvalue weighted by molar-refractivity contribution is -0.266. The van der Waals surface area contributed by atoms with Gasteiger partial charge >= 0.3 is 10.0 Å². The third-order valence-electron chi connectivity index (χ3n) is 3.98. The average Bonchev–Trinajstić information content (AvgIpc) is 2.69. The van der Waals surface area contributed by atoms with Gasteiger partial charge in [-0.15, -0.1) is 0 Å². The van der Waals surface area contributed by atoms with Gasteiger partial charge in [-0.25, -0.2) is 5.32 Å². The zero-order chi connectivity index (χ0) is 20.1. The van der Waals surface area contributed by atoms with Crippen molar-refractivity contribution in [1.29, 1.82) is 0 Å². The maximum Gasteiger partial charge on any atom is 0.328 e. The molecule has 5 nitrogen and oxygen atoms in total. The van der Waals surface area contributed by atoms with E-state index < -0.39 is 10.0 Å². The van der Waals surface area contributed by atoms with Gasteiger partial charge in [-0.2, -0.15) is 12.8 Å². The zero-order valence-corrected chi connectivity index (χ0v) is 17.4. The van der Waals surface area contributed by atoms with Crippen LogP contribution >= 0.6 is 15.9 Å². The highest BCUT2D eigenvalue weighted by atomic mass is 79.9. The number of hydrogen-bond acceptors (Lipinski definition) is 3. The maximum absolute atomic E-state index is 12.8. The molecule has 3 aromatic rings. The maximum atomic E-state index is 12.8. The Morgan fingerprint density at radius 3 is 2.04 bits per heavy atom. The number of Topliss-reactive ketones (excluding diaryl/α,β-unsaturated/α-hetero) is 1. The van der Waals surface area contributed by atoms with Crippen LogP contribution in [0.3, 0.4) is 0 Å². The topological polar surface area (TPSA) is 77.2 Å². The van der Waals surface area contributed by atoms with E-state index in [4.69, 9.17) is 0 Å². The first-order valence-corrected chi connectivity index (χ1v) is 10.7. The Bertz CT molecular complexity index is 1110. The first-order valence-electron chi connectivity index (χ1n) is 8.44. The smallest absolute Gasteiger partial charge is 0.295 e. The fraction of sp³-hybridized carbons (Fsp3) is 0.0476. The van der Waals surface area contributed by atoms with Gasteiger partial charge in [-0.1, -0.05) is 34.1 Å². The molecule has 0 radical (unpaired) electrons. The van der Waals surface area contributed by atoms with Gasteiger partial charge in [0.25, 0.3) is 5.84 Å². The van der Waals surface area contributed by atoms with Crippen molar-refractivity contribution in [3.05, 3.63) is 94.5 Å². The predicted octanol–water partition coefficient (Wildman–Crippen LogP) is 2.98. The summed E-state index contributed by atoms with van der Waals surface area (Å²) in [4.78, 5) is 11.6. The Kier molecular flexibility index (Phi) is 6.06. The van der Waals surface area contributed by atoms with Gasteiger partial charge in [-0.3, -0.25) is 4.79 Å². The zero-order valence-electron chi connectivity index (χ0n) is 15.0. The SMILES string of the molecule is CC(=O)c1ccc(NC(=[NH+]S(=O)(=O)c2ccc(Br)cc2)c2ccccc2)cc1. The molecule has 0 spiro atoms. The highest BCUT2D eigenvalue weighted by Gasteiger charge is 2.20. The second-order valence-electron chi connectivity index (χ2n) is 6.06. The summed E-state index contributed by atoms with van der Waals surface area (Å²) in [6.45, 7) is 1.50. The van der Waals surface area contributed by atoms with E-state index in [1.807, 2.05) is 18.2 Å². The van der Waals surface area contributed by atoms with Crippen LogP contribution in [0.2, 0.25) is 0 Å². The van der Waals surface area contributed by atoms with Crippen LogP contribution in [0.5, 0.6) is 0 Å². The van der Waals surface area contributed by atoms with E-state index in [1.54, 1.807) is 48.5 Å². The highest BCUT2D eigenvalue weighted by molar-refractivity contribution is 9.10. The van der Waals surface area contributed by atoms with Crippen LogP contribution in [0.4, 0.5) is 5.69 Å². The number of rotatable bonds is 5. The average molecular weight is 458 g/mol. The largest absolute Gasteiger partial charge is 0.328 e. The summed E-state index contributed by atoms with van der Waals surface area (Å²) < 4.78 is 29.1. The molecule has 0 aromatic heterocycles. The number of nitrogens with one attached hydrogen (secondary N) is 2. The van der Waals surface area contributed by atoms with Gasteiger partial charge in [0.2, 0.25) is 0 Å². The molecular weight excluding hydrogens is 440 g/mol. The molecule has 0 atom stereocenters. The van der Waals surface area contributed by atoms with Crippen molar-refractivity contribution in [3.63, 3.8) is 0 Å². The number of carbonyl (C=O) groups is 1. The summed E-state index contributed by atoms with van der Waals surface area (Å²) in [5, 5.41) is 3.10. The molecule has 28 heavy (non-hydrogen) atoms. The Balaban J connectivity index is 2.01. The summed E-state index contributed by atoms with van der Waals surface area (Å²) in [5.41, 5.74) is 1.92. The van der Waals surface area contributed by atoms with Crippen molar-refractivity contribution in [2.45, 2.75) is 11.8 Å². The molecule has 0 amide bonds. The fourth-order valence-electron chi connectivity index (χ4n) is 2.50. The minimum atomic E-state index is -3.79. The number of anilines is 1. The standard InChI is InChI=1S/C21H17BrN2O3S/c1-15(25)16-7-11-19(12-8-16)23-21(17-5-3-2-4-6-17)24-28(26,27)20-13-9-18(22)10-14-20/h2-14H,1H3,(H,23,24)/p+1. The molecular formula is C21H18BrN2O3S+. The highest BCUT2D eigenvalue weighted by Crippen LogP contribution is 2.14. The summed E-state index contributed by atoms with van der Waals surface area (Å²) in [7, 11) is -3.79. The van der Waals surface area contributed by atoms with Gasteiger partial charge < -0.3 is 0 Å². The lowest BCUT2D eigenvalue weighted by atomic mass is 10.1. The van der Waals surface area contributed by atoms with Crippen molar-refractivity contribution in [2.24, 2.45) is 0 Å². The van der Waals surface area contributed by atoms with Crippen LogP contribution < -0.4 is 9.71 Å². The molecule has 2 N–H and O–H groups in total. The van der Waals surface area contributed by atoms with Gasteiger partial charge in [0, 0.05) is 10.0 Å². The molecule has 142 valence electrons. The Labute approximate surface area is 172 Å². The van der Waals surface area contributed by atoms with E-state index in [-0.39, 0.29) is 10.7 Å². The number of carbonyl (C=O) groups excluding carboxylic acids is 1. The number of hydrogen-bond donors (Lipinski definition) is 2. The van der Waals surface area contributed by atoms with Crippen LogP contribution in [-0.4, -0.2) is 20.0 Å². The van der Waals surface area contributed by atoms with Crippen LogP contribution in [0.25, 0.3) is 0 Å². The molecule has 3 aromatic carbocycles. The molecule has 0 saturated carbocycles. The van der Waals surface area contributed by atoms with E-state index in [0.29, 0.717) is 22.6 Å². The Morgan fingerprint density at radius 1 is 0.857 bits per heavy atom. The molecule has 0 bridgehead atoms. The molecule has 3 rings (SSSR count). The molecule has 7 heteroatoms. The third kappa shape index (κ3) is 4.94. The Morgan fingerprint density at radius 2 is 1.46 bits per heavy atom. The van der Waals surface area contributed by atoms with Crippen LogP contribution in [0.15, 0.2) is 88.2 Å². The van der Waals surface area contributed by atoms with Gasteiger partial charge in [0.15, 0.2) is 5.78 Å². The van der Waals surface area contributed by atoms with Crippen LogP contribution in [0, 0.1) is 0 Å². The molecule has 0 aliphatic heterocycles. The van der Waals surface area contributed by atoms with Crippen molar-refractivity contribution >= 4 is 43.3 Å². The lowest BCUT2D eigenvalue weighted by Gasteiger charge is -2.05. The second kappa shape index (κ2) is 8.50. The van der Waals surface area contributed by atoms with Crippen molar-refractivity contribution in [1.82, 2.24) is 0 Å². The third-order valence-corrected chi connectivity index (χ3v) is 5.88. The van der Waals surface area contributed by atoms with E-state index in [9.17, 15) is 13.2 Å². The quantitative estimate of drug-likeness (QED) is 0.350. The van der Waals surface area contributed by atoms with Crippen LogP contribution in [0.1, 0.15) is 22.8 Å². The summed E-state index contributed by atoms with van der Waals surface area (Å²) in [6, 6.07) is 22.3. The van der Waals surface area contributed by atoms with Crippen molar-refractivity contribution < 1.29 is 17.6 Å². The van der Waals surface area contributed by atoms with Crippen molar-refractivity contribution in [3.8, 4) is 0 Å². The predicted molar refractivity (Wildman–Crippen MR) is 113 cm³/mol. The first-order chi connectivity index (χ1) is 13.3. The summed E-state index contributed by atoms with van der Waals surface area (Å²) in [6.07, 6.45) is 0. The van der Waals surface area contributed by atoms with E-state index in [1.165, 1.54) is 19.1 Å². The summed E-state index contributed by atoms with van der Waals surface area (Å²) in [5.74, 6) is 0.286. The molecule has 0 aliphatic carbocycles. The minimum Gasteiger partial charge on any atom is -0.295 e. The monoisotopic (exact) mass is 457 g/mol. The molecule has 0 unspecified atom stereocenters. The number of halogens is 1. The number of sulfonamides is 1. The molecule has 0 aliphatic rings. The fourth-order valence-corrected chi connectivity index (χ4v) is 3.82. The van der Waals surface area contributed by atoms with E-state index >= 15 is 0 Å². The lowest BCUT2D eigenvalue weighted by Crippen LogP contribution is -2.78. The first kappa shape index (κ1) is 20.0. The molecule has 0 fully saturated rings. The van der Waals surface area contributed by atoms with Gasteiger partial charge in [0.1, 0.15) is 10.6 Å². The number of amidine groups is 1. The number of ketones is 1. The van der Waals surface area contributed by atoms with E-state index in [2.05, 4.69) is 25.6 Å². The van der Waals surface area contributed by atoms with Crippen LogP contribution in [-0.2, 0) is 10.0 Å². The van der Waals surface area contributed by atoms with Gasteiger partial charge in [0.05, 0.1) is 5.56 Å². The molecule has 0 saturated heterocycles. The van der Waals surface area contributed by atoms with E-state index in [0.717, 1.165) is 4.47 Å². The minimum absolute atomic E-state index is 0.0326. The van der Waals surface area contributed by atoms with Crippen molar-refractivity contribution in [2.75, 3.05) is 5.32 Å². The summed E-state index contributed by atoms with van der Waals surface area (Å²) >= 11 is 3.30. The molecule has 0 heterocycles.